The molecule has 0 radical (unpaired) electrons. The molecule has 0 aromatic carbocycles. The molecule has 2 saturated heterocycles. The van der Waals surface area contributed by atoms with Gasteiger partial charge in [0, 0.05) is 0 Å². The van der Waals surface area contributed by atoms with E-state index in [9.17, 15) is 0 Å². The van der Waals surface area contributed by atoms with Gasteiger partial charge in [0.15, 0.2) is 6.71 Å². The van der Waals surface area contributed by atoms with Crippen molar-refractivity contribution in [3.8, 4) is 0 Å². The monoisotopic (exact) mass is 276 g/mol. The van der Waals surface area contributed by atoms with Gasteiger partial charge in [-0.2, -0.15) is 0 Å². The SMILES string of the molecule is CC[Si](CC)(CC)C/C=C/B1C2CCCC1CCC2. The number of rotatable bonds is 6. The van der Waals surface area contributed by atoms with Gasteiger partial charge in [-0.3, -0.25) is 0 Å². The maximum absolute atomic E-state index is 2.68. The lowest BCUT2D eigenvalue weighted by molar-refractivity contribution is 0.447. The fraction of sp³-hybridized carbons (Fsp3) is 0.882. The van der Waals surface area contributed by atoms with E-state index in [1.807, 2.05) is 0 Å². The molecule has 2 rings (SSSR count). The smallest absolute Gasteiger partial charge is 0.119 e. The predicted molar refractivity (Wildman–Crippen MR) is 92.1 cm³/mol. The fourth-order valence-corrected chi connectivity index (χ4v) is 7.70. The standard InChI is InChI=1S/C17H33BSi/c1-4-19(5-2,6-3)15-9-14-18-16-10-7-11-17(18)13-8-12-16/h9,14,16-17H,4-8,10-13,15H2,1-3H3/b14-9+. The van der Waals surface area contributed by atoms with Gasteiger partial charge in [-0.05, 0) is 6.04 Å². The third-order valence-electron chi connectivity index (χ3n) is 6.55. The first-order chi connectivity index (χ1) is 9.24. The Bertz CT molecular complexity index is 265. The van der Waals surface area contributed by atoms with Crippen LogP contribution in [0.3, 0.4) is 0 Å². The van der Waals surface area contributed by atoms with E-state index in [1.54, 1.807) is 0 Å². The summed E-state index contributed by atoms with van der Waals surface area (Å²) in [6.07, 6.45) is 11.7. The van der Waals surface area contributed by atoms with Crippen LogP contribution in [0.25, 0.3) is 0 Å². The molecule has 0 nitrogen and oxygen atoms in total. The van der Waals surface area contributed by atoms with Crippen molar-refractivity contribution in [1.29, 1.82) is 0 Å². The quantitative estimate of drug-likeness (QED) is 0.507. The predicted octanol–water partition coefficient (Wildman–Crippen LogP) is 6.19. The molecule has 2 aliphatic heterocycles. The Hall–Kier alpha value is 0.0218. The first-order valence-electron chi connectivity index (χ1n) is 8.91. The van der Waals surface area contributed by atoms with Gasteiger partial charge in [-0.15, -0.1) is 5.98 Å². The van der Waals surface area contributed by atoms with Crippen LogP contribution in [0, 0.1) is 0 Å². The first kappa shape index (κ1) is 15.4. The van der Waals surface area contributed by atoms with Crippen molar-refractivity contribution in [3.63, 3.8) is 0 Å². The van der Waals surface area contributed by atoms with E-state index in [1.165, 1.54) is 62.7 Å². The van der Waals surface area contributed by atoms with E-state index in [0.29, 0.717) is 0 Å². The molecule has 108 valence electrons. The summed E-state index contributed by atoms with van der Waals surface area (Å²) in [6, 6.07) is 5.87. The van der Waals surface area contributed by atoms with Gasteiger partial charge in [0.1, 0.15) is 0 Å². The molecule has 0 aromatic rings. The summed E-state index contributed by atoms with van der Waals surface area (Å²) in [5.41, 5.74) is 0. The minimum absolute atomic E-state index is 0.925. The summed E-state index contributed by atoms with van der Waals surface area (Å²) in [5, 5.41) is 0. The summed E-state index contributed by atoms with van der Waals surface area (Å²) >= 11 is 0. The molecule has 2 bridgehead atoms. The second kappa shape index (κ2) is 7.15. The fourth-order valence-electron chi connectivity index (χ4n) is 4.70. The molecule has 0 N–H and O–H groups in total. The van der Waals surface area contributed by atoms with Crippen LogP contribution in [-0.2, 0) is 0 Å². The number of allylic oxidation sites excluding steroid dienone is 1. The van der Waals surface area contributed by atoms with Crippen molar-refractivity contribution in [3.05, 3.63) is 12.1 Å². The molecular formula is C17H33BSi. The molecule has 0 spiro atoms. The van der Waals surface area contributed by atoms with Gasteiger partial charge in [-0.1, -0.05) is 95.1 Å². The largest absolute Gasteiger partial charge is 0.172 e. The highest BCUT2D eigenvalue weighted by atomic mass is 28.3. The molecule has 2 fully saturated rings. The van der Waals surface area contributed by atoms with Gasteiger partial charge in [0.05, 0.1) is 8.07 Å². The van der Waals surface area contributed by atoms with E-state index in [2.05, 4.69) is 32.8 Å². The van der Waals surface area contributed by atoms with Crippen molar-refractivity contribution in [2.24, 2.45) is 0 Å². The van der Waals surface area contributed by atoms with E-state index in [-0.39, 0.29) is 0 Å². The summed E-state index contributed by atoms with van der Waals surface area (Å²) in [4.78, 5) is 0. The zero-order chi connectivity index (χ0) is 13.7. The topological polar surface area (TPSA) is 0 Å². The second-order valence-corrected chi connectivity index (χ2v) is 12.7. The number of hydrogen-bond donors (Lipinski definition) is 0. The molecule has 0 amide bonds. The zero-order valence-corrected chi connectivity index (χ0v) is 14.5. The van der Waals surface area contributed by atoms with Crippen molar-refractivity contribution >= 4 is 14.8 Å². The molecule has 0 unspecified atom stereocenters. The highest BCUT2D eigenvalue weighted by Gasteiger charge is 2.37. The summed E-state index contributed by atoms with van der Waals surface area (Å²) in [7, 11) is -0.925. The molecule has 0 saturated carbocycles. The van der Waals surface area contributed by atoms with Crippen molar-refractivity contribution < 1.29 is 0 Å². The molecule has 2 aliphatic rings. The Morgan fingerprint density at radius 3 is 1.79 bits per heavy atom. The minimum Gasteiger partial charge on any atom is -0.119 e. The first-order valence-corrected chi connectivity index (χ1v) is 11.7. The molecular weight excluding hydrogens is 243 g/mol. The number of fused-ring (bicyclic) bond motifs is 2. The average molecular weight is 276 g/mol. The van der Waals surface area contributed by atoms with Gasteiger partial charge in [0.2, 0.25) is 0 Å². The molecule has 0 aromatic heterocycles. The van der Waals surface area contributed by atoms with Crippen molar-refractivity contribution in [1.82, 2.24) is 0 Å². The minimum atomic E-state index is -0.925. The molecule has 0 aliphatic carbocycles. The maximum atomic E-state index is 2.68. The van der Waals surface area contributed by atoms with E-state index in [4.69, 9.17) is 0 Å². The Morgan fingerprint density at radius 2 is 1.37 bits per heavy atom. The average Bonchev–Trinajstić information content (AvgIpc) is 2.44. The van der Waals surface area contributed by atoms with Crippen LogP contribution in [-0.4, -0.2) is 14.8 Å². The Morgan fingerprint density at radius 1 is 0.895 bits per heavy atom. The molecule has 2 heterocycles. The zero-order valence-electron chi connectivity index (χ0n) is 13.5. The molecule has 19 heavy (non-hydrogen) atoms. The van der Waals surface area contributed by atoms with Gasteiger partial charge in [-0.25, -0.2) is 0 Å². The summed E-state index contributed by atoms with van der Waals surface area (Å²) in [6.45, 7) is 8.26. The summed E-state index contributed by atoms with van der Waals surface area (Å²) in [5.74, 6) is 4.77. The van der Waals surface area contributed by atoms with Crippen LogP contribution in [0.15, 0.2) is 12.1 Å². The maximum Gasteiger partial charge on any atom is 0.172 e. The Balaban J connectivity index is 1.94. The Labute approximate surface area is 122 Å². The second-order valence-electron chi connectivity index (χ2n) is 7.15. The van der Waals surface area contributed by atoms with Crippen LogP contribution in [0.5, 0.6) is 0 Å². The Kier molecular flexibility index (Phi) is 5.80. The van der Waals surface area contributed by atoms with Crippen LogP contribution in [0.2, 0.25) is 35.8 Å². The van der Waals surface area contributed by atoms with Crippen molar-refractivity contribution in [2.45, 2.75) is 95.1 Å². The van der Waals surface area contributed by atoms with Crippen molar-refractivity contribution in [2.75, 3.05) is 0 Å². The van der Waals surface area contributed by atoms with E-state index in [0.717, 1.165) is 18.3 Å². The lowest BCUT2D eigenvalue weighted by atomic mass is 9.27. The van der Waals surface area contributed by atoms with Gasteiger partial charge >= 0.3 is 0 Å². The number of hydrogen-bond acceptors (Lipinski definition) is 0. The van der Waals surface area contributed by atoms with Gasteiger partial charge < -0.3 is 0 Å². The normalized spacial score (nSPS) is 28.1. The van der Waals surface area contributed by atoms with Crippen LogP contribution < -0.4 is 0 Å². The highest BCUT2D eigenvalue weighted by molar-refractivity contribution is 6.80. The summed E-state index contributed by atoms with van der Waals surface area (Å²) < 4.78 is 0. The lowest BCUT2D eigenvalue weighted by Gasteiger charge is -2.39. The lowest BCUT2D eigenvalue weighted by Crippen LogP contribution is -2.34. The van der Waals surface area contributed by atoms with Crippen LogP contribution in [0.4, 0.5) is 0 Å². The van der Waals surface area contributed by atoms with E-state index < -0.39 is 8.07 Å². The molecule has 0 atom stereocenters. The van der Waals surface area contributed by atoms with Crippen LogP contribution in [0.1, 0.15) is 59.3 Å². The highest BCUT2D eigenvalue weighted by Crippen LogP contribution is 2.46. The third-order valence-corrected chi connectivity index (χ3v) is 12.1. The van der Waals surface area contributed by atoms with Crippen LogP contribution >= 0.6 is 0 Å². The molecule has 2 heteroatoms. The van der Waals surface area contributed by atoms with Gasteiger partial charge in [0.25, 0.3) is 0 Å². The van der Waals surface area contributed by atoms with E-state index >= 15 is 0 Å². The third kappa shape index (κ3) is 3.57.